The fourth-order valence-electron chi connectivity index (χ4n) is 3.23. The van der Waals surface area contributed by atoms with Gasteiger partial charge >= 0.3 is 0 Å². The minimum absolute atomic E-state index is 0.353. The van der Waals surface area contributed by atoms with Crippen molar-refractivity contribution in [3.63, 3.8) is 0 Å². The molecule has 126 valence electrons. The number of carbonyl (C=O) groups is 2. The summed E-state index contributed by atoms with van der Waals surface area (Å²) in [4.78, 5) is 25.4. The Balaban J connectivity index is 2.06. The van der Waals surface area contributed by atoms with Gasteiger partial charge in [-0.25, -0.2) is 0 Å². The smallest absolute Gasteiger partial charge is 0.216 e. The average Bonchev–Trinajstić information content (AvgIpc) is 2.94. The molecule has 2 rings (SSSR count). The Morgan fingerprint density at radius 1 is 1.17 bits per heavy atom. The molecule has 0 saturated heterocycles. The normalized spacial score (nSPS) is 17.3. The third-order valence-corrected chi connectivity index (χ3v) is 5.87. The van der Waals surface area contributed by atoms with Gasteiger partial charge in [0, 0.05) is 15.5 Å². The summed E-state index contributed by atoms with van der Waals surface area (Å²) < 4.78 is 1.91. The predicted molar refractivity (Wildman–Crippen MR) is 99.4 cm³/mol. The van der Waals surface area contributed by atoms with E-state index in [1.807, 2.05) is 12.1 Å². The van der Waals surface area contributed by atoms with Crippen LogP contribution in [0.2, 0.25) is 0 Å². The number of aldehydes is 1. The lowest BCUT2D eigenvalue weighted by Gasteiger charge is -2.22. The molecule has 5 heteroatoms. The van der Waals surface area contributed by atoms with Gasteiger partial charge in [-0.15, -0.1) is 0 Å². The van der Waals surface area contributed by atoms with Crippen LogP contribution in [0.15, 0.2) is 21.1 Å². The van der Waals surface area contributed by atoms with Crippen molar-refractivity contribution in [1.29, 1.82) is 0 Å². The summed E-state index contributed by atoms with van der Waals surface area (Å²) in [6.45, 7) is 3.78. The first-order chi connectivity index (χ1) is 11.1. The summed E-state index contributed by atoms with van der Waals surface area (Å²) in [6.07, 6.45) is 7.77. The molecule has 1 aromatic carbocycles. The number of fused-ring (bicyclic) bond motifs is 1. The van der Waals surface area contributed by atoms with Gasteiger partial charge in [-0.3, -0.25) is 14.5 Å². The summed E-state index contributed by atoms with van der Waals surface area (Å²) in [7, 11) is 0. The van der Waals surface area contributed by atoms with Crippen LogP contribution in [0.4, 0.5) is 0 Å². The van der Waals surface area contributed by atoms with Gasteiger partial charge in [-0.2, -0.15) is 0 Å². The highest BCUT2D eigenvalue weighted by molar-refractivity contribution is 9.11. The molecule has 0 N–H and O–H groups in total. The maximum atomic E-state index is 12.2. The Morgan fingerprint density at radius 2 is 1.83 bits per heavy atom. The SMILES string of the molecule is CCCCCCCCN1Cc2c(Br)ccc(Br)c2C1C(=O)C=O. The van der Waals surface area contributed by atoms with Crippen molar-refractivity contribution in [2.45, 2.75) is 58.0 Å². The molecule has 1 atom stereocenters. The first kappa shape index (κ1) is 18.8. The summed E-state index contributed by atoms with van der Waals surface area (Å²) >= 11 is 7.11. The van der Waals surface area contributed by atoms with Crippen LogP contribution >= 0.6 is 31.9 Å². The van der Waals surface area contributed by atoms with Gasteiger partial charge in [-0.1, -0.05) is 70.9 Å². The van der Waals surface area contributed by atoms with Crippen molar-refractivity contribution in [2.75, 3.05) is 6.54 Å². The Labute approximate surface area is 155 Å². The lowest BCUT2D eigenvalue weighted by atomic mass is 10.0. The van der Waals surface area contributed by atoms with Gasteiger partial charge in [0.1, 0.15) is 6.04 Å². The molecule has 23 heavy (non-hydrogen) atoms. The molecule has 0 saturated carbocycles. The van der Waals surface area contributed by atoms with Crippen LogP contribution in [0.3, 0.4) is 0 Å². The van der Waals surface area contributed by atoms with Crippen molar-refractivity contribution in [3.05, 3.63) is 32.2 Å². The van der Waals surface area contributed by atoms with Gasteiger partial charge in [0.05, 0.1) is 0 Å². The lowest BCUT2D eigenvalue weighted by molar-refractivity contribution is -0.133. The summed E-state index contributed by atoms with van der Waals surface area (Å²) in [5.74, 6) is -0.353. The second-order valence-corrected chi connectivity index (χ2v) is 7.79. The van der Waals surface area contributed by atoms with E-state index in [1.54, 1.807) is 0 Å². The van der Waals surface area contributed by atoms with E-state index in [0.29, 0.717) is 12.8 Å². The molecular weight excluding hydrogens is 422 g/mol. The van der Waals surface area contributed by atoms with Crippen LogP contribution in [0.25, 0.3) is 0 Å². The van der Waals surface area contributed by atoms with Crippen LogP contribution in [0.5, 0.6) is 0 Å². The molecule has 0 aliphatic carbocycles. The van der Waals surface area contributed by atoms with Crippen LogP contribution in [0, 0.1) is 0 Å². The third-order valence-electron chi connectivity index (χ3n) is 4.43. The van der Waals surface area contributed by atoms with E-state index in [-0.39, 0.29) is 5.78 Å². The zero-order valence-electron chi connectivity index (χ0n) is 13.5. The van der Waals surface area contributed by atoms with Gasteiger partial charge in [-0.05, 0) is 36.2 Å². The number of halogens is 2. The Bertz CT molecular complexity index is 574. The zero-order valence-corrected chi connectivity index (χ0v) is 16.7. The molecule has 1 aromatic rings. The fourth-order valence-corrected chi connectivity index (χ4v) is 4.29. The second kappa shape index (κ2) is 9.09. The quantitative estimate of drug-likeness (QED) is 0.298. The largest absolute Gasteiger partial charge is 0.295 e. The number of carbonyl (C=O) groups excluding carboxylic acids is 2. The standard InChI is InChI=1S/C18H23Br2NO2/c1-2-3-4-5-6-7-10-21-11-13-14(19)8-9-15(20)17(13)18(21)16(23)12-22/h8-9,12,18H,2-7,10-11H2,1H3. The topological polar surface area (TPSA) is 37.4 Å². The van der Waals surface area contributed by atoms with Crippen molar-refractivity contribution in [2.24, 2.45) is 0 Å². The van der Waals surface area contributed by atoms with E-state index in [9.17, 15) is 9.59 Å². The molecule has 1 aliphatic heterocycles. The summed E-state index contributed by atoms with van der Waals surface area (Å²) in [6, 6.07) is 3.48. The number of unbranched alkanes of at least 4 members (excludes halogenated alkanes) is 5. The second-order valence-electron chi connectivity index (χ2n) is 6.08. The average molecular weight is 445 g/mol. The van der Waals surface area contributed by atoms with E-state index in [2.05, 4.69) is 43.7 Å². The molecule has 1 aliphatic rings. The van der Waals surface area contributed by atoms with E-state index in [0.717, 1.165) is 33.0 Å². The lowest BCUT2D eigenvalue weighted by Crippen LogP contribution is -2.30. The van der Waals surface area contributed by atoms with Crippen molar-refractivity contribution >= 4 is 43.9 Å². The summed E-state index contributed by atoms with van der Waals surface area (Å²) in [5.41, 5.74) is 2.06. The molecule has 0 aromatic heterocycles. The highest BCUT2D eigenvalue weighted by Gasteiger charge is 2.37. The van der Waals surface area contributed by atoms with Crippen LogP contribution in [-0.4, -0.2) is 23.5 Å². The van der Waals surface area contributed by atoms with Crippen molar-refractivity contribution in [3.8, 4) is 0 Å². The van der Waals surface area contributed by atoms with Gasteiger partial charge in [0.25, 0.3) is 0 Å². The molecule has 0 spiro atoms. The molecule has 1 heterocycles. The maximum absolute atomic E-state index is 12.2. The Morgan fingerprint density at radius 3 is 2.52 bits per heavy atom. The number of benzene rings is 1. The van der Waals surface area contributed by atoms with Crippen molar-refractivity contribution in [1.82, 2.24) is 4.90 Å². The summed E-state index contributed by atoms with van der Waals surface area (Å²) in [5, 5.41) is 0. The fraction of sp³-hybridized carbons (Fsp3) is 0.556. The Kier molecular flexibility index (Phi) is 7.44. The minimum atomic E-state index is -0.440. The predicted octanol–water partition coefficient (Wildman–Crippen LogP) is 5.20. The molecule has 0 fully saturated rings. The van der Waals surface area contributed by atoms with E-state index in [1.165, 1.54) is 32.1 Å². The first-order valence-electron chi connectivity index (χ1n) is 8.30. The molecule has 0 bridgehead atoms. The monoisotopic (exact) mass is 443 g/mol. The molecule has 0 amide bonds. The van der Waals surface area contributed by atoms with E-state index in [4.69, 9.17) is 0 Å². The molecule has 3 nitrogen and oxygen atoms in total. The van der Waals surface area contributed by atoms with Crippen LogP contribution in [-0.2, 0) is 16.1 Å². The van der Waals surface area contributed by atoms with E-state index < -0.39 is 6.04 Å². The number of ketones is 1. The van der Waals surface area contributed by atoms with E-state index >= 15 is 0 Å². The van der Waals surface area contributed by atoms with Crippen LogP contribution in [0.1, 0.15) is 62.6 Å². The zero-order chi connectivity index (χ0) is 16.8. The maximum Gasteiger partial charge on any atom is 0.216 e. The van der Waals surface area contributed by atoms with Gasteiger partial charge < -0.3 is 0 Å². The number of rotatable bonds is 9. The van der Waals surface area contributed by atoms with Gasteiger partial charge in [0.2, 0.25) is 5.78 Å². The molecular formula is C18H23Br2NO2. The number of hydrogen-bond acceptors (Lipinski definition) is 3. The molecule has 1 unspecified atom stereocenters. The first-order valence-corrected chi connectivity index (χ1v) is 9.88. The van der Waals surface area contributed by atoms with Gasteiger partial charge in [0.15, 0.2) is 6.29 Å². The number of nitrogens with zero attached hydrogens (tertiary/aromatic N) is 1. The third kappa shape index (κ3) is 4.52. The van der Waals surface area contributed by atoms with Crippen LogP contribution < -0.4 is 0 Å². The molecule has 0 radical (unpaired) electrons. The number of hydrogen-bond donors (Lipinski definition) is 0. The number of Topliss-reactive ketones (excluding diaryl/α,β-unsaturated/α-hetero) is 1. The highest BCUT2D eigenvalue weighted by atomic mass is 79.9. The minimum Gasteiger partial charge on any atom is -0.295 e. The van der Waals surface area contributed by atoms with Crippen molar-refractivity contribution < 1.29 is 9.59 Å². The Hall–Kier alpha value is -0.520. The highest BCUT2D eigenvalue weighted by Crippen LogP contribution is 2.42.